The topological polar surface area (TPSA) is 63.2 Å². The average Bonchev–Trinajstić information content (AvgIpc) is 2.86. The zero-order valence-corrected chi connectivity index (χ0v) is 15.8. The fraction of sp³-hybridized carbons (Fsp3) is 0.444. The Morgan fingerprint density at radius 2 is 1.80 bits per heavy atom. The van der Waals surface area contributed by atoms with Crippen molar-refractivity contribution in [3.8, 4) is 11.4 Å². The Morgan fingerprint density at radius 1 is 1.12 bits per heavy atom. The lowest BCUT2D eigenvalue weighted by atomic mass is 9.71. The lowest BCUT2D eigenvalue weighted by Crippen LogP contribution is -2.34. The largest absolute Gasteiger partial charge is 0.355 e. The zero-order chi connectivity index (χ0) is 17.9. The fourth-order valence-corrected chi connectivity index (χ4v) is 7.31. The van der Waals surface area contributed by atoms with Crippen molar-refractivity contribution in [3.63, 3.8) is 0 Å². The third kappa shape index (κ3) is 2.81. The normalized spacial score (nSPS) is 30.4. The third-order valence-corrected chi connectivity index (χ3v) is 8.05. The van der Waals surface area contributed by atoms with E-state index in [0.29, 0.717) is 23.9 Å². The van der Waals surface area contributed by atoms with E-state index in [0.717, 1.165) is 11.4 Å². The van der Waals surface area contributed by atoms with Gasteiger partial charge in [-0.3, -0.25) is 0 Å². The first kappa shape index (κ1) is 16.8. The van der Waals surface area contributed by atoms with Crippen molar-refractivity contribution in [2.24, 2.45) is 10.8 Å². The second kappa shape index (κ2) is 5.42. The van der Waals surface area contributed by atoms with Gasteiger partial charge in [0.25, 0.3) is 0 Å². The Kier molecular flexibility index (Phi) is 3.64. The van der Waals surface area contributed by atoms with Crippen LogP contribution in [-0.4, -0.2) is 43.0 Å². The van der Waals surface area contributed by atoms with Crippen molar-refractivity contribution in [3.05, 3.63) is 41.6 Å². The van der Waals surface area contributed by atoms with Crippen LogP contribution in [-0.2, 0) is 9.84 Å². The minimum Gasteiger partial charge on any atom is -0.355 e. The van der Waals surface area contributed by atoms with Crippen molar-refractivity contribution in [2.45, 2.75) is 13.8 Å². The van der Waals surface area contributed by atoms with Crippen LogP contribution in [0.3, 0.4) is 0 Å². The number of rotatable bonds is 2. The van der Waals surface area contributed by atoms with Gasteiger partial charge in [-0.1, -0.05) is 37.6 Å². The Morgan fingerprint density at radius 3 is 2.44 bits per heavy atom. The molecule has 0 unspecified atom stereocenters. The molecule has 0 aliphatic carbocycles. The van der Waals surface area contributed by atoms with Crippen LogP contribution in [0, 0.1) is 10.8 Å². The van der Waals surface area contributed by atoms with E-state index in [2.05, 4.69) is 23.7 Å². The van der Waals surface area contributed by atoms with Gasteiger partial charge in [-0.05, 0) is 18.2 Å². The van der Waals surface area contributed by atoms with Gasteiger partial charge < -0.3 is 4.90 Å². The summed E-state index contributed by atoms with van der Waals surface area (Å²) in [5.41, 5.74) is 0.383. The molecule has 132 valence electrons. The molecule has 1 aromatic carbocycles. The standard InChI is InChI=1S/C18H20ClN3O2S/c1-17-9-22(10-18(17,2)12-25(23,24)11-17)15-6-7-20-16(21-15)13-4-3-5-14(19)8-13/h3-8H,9-12H2,1-2H3/t17-,18+. The van der Waals surface area contributed by atoms with E-state index >= 15 is 0 Å². The van der Waals surface area contributed by atoms with Crippen LogP contribution in [0.25, 0.3) is 11.4 Å². The minimum atomic E-state index is -2.96. The zero-order valence-electron chi connectivity index (χ0n) is 14.2. The van der Waals surface area contributed by atoms with Gasteiger partial charge in [0, 0.05) is 40.7 Å². The van der Waals surface area contributed by atoms with Crippen molar-refractivity contribution >= 4 is 27.3 Å². The Labute approximate surface area is 153 Å². The number of benzene rings is 1. The Balaban J connectivity index is 1.66. The predicted octanol–water partition coefficient (Wildman–Crippen LogP) is 3.06. The van der Waals surface area contributed by atoms with Crippen LogP contribution in [0.4, 0.5) is 5.82 Å². The van der Waals surface area contributed by atoms with Gasteiger partial charge in [-0.15, -0.1) is 0 Å². The predicted molar refractivity (Wildman–Crippen MR) is 99.6 cm³/mol. The average molecular weight is 378 g/mol. The molecule has 25 heavy (non-hydrogen) atoms. The molecule has 1 aromatic heterocycles. The van der Waals surface area contributed by atoms with Gasteiger partial charge in [-0.25, -0.2) is 18.4 Å². The first-order valence-corrected chi connectivity index (χ1v) is 10.4. The molecule has 0 radical (unpaired) electrons. The first-order valence-electron chi connectivity index (χ1n) is 8.24. The second-order valence-electron chi connectivity index (χ2n) is 7.76. The third-order valence-electron chi connectivity index (χ3n) is 5.66. The number of fused-ring (bicyclic) bond motifs is 1. The summed E-state index contributed by atoms with van der Waals surface area (Å²) in [5, 5.41) is 0.646. The number of hydrogen-bond acceptors (Lipinski definition) is 5. The van der Waals surface area contributed by atoms with Crippen molar-refractivity contribution in [1.82, 2.24) is 9.97 Å². The van der Waals surface area contributed by atoms with Crippen LogP contribution in [0.15, 0.2) is 36.5 Å². The maximum Gasteiger partial charge on any atom is 0.161 e. The van der Waals surface area contributed by atoms with Gasteiger partial charge in [0.1, 0.15) is 5.82 Å². The lowest BCUT2D eigenvalue weighted by Gasteiger charge is -2.29. The van der Waals surface area contributed by atoms with E-state index in [1.165, 1.54) is 0 Å². The molecular weight excluding hydrogens is 358 g/mol. The molecule has 2 aliphatic rings. The SMILES string of the molecule is C[C@@]12CN(c3ccnc(-c4cccc(Cl)c4)n3)C[C@]1(C)CS(=O)(=O)C2. The Hall–Kier alpha value is -1.66. The molecule has 0 saturated carbocycles. The molecule has 0 spiro atoms. The second-order valence-corrected chi connectivity index (χ2v) is 10.3. The highest BCUT2D eigenvalue weighted by Gasteiger charge is 2.60. The van der Waals surface area contributed by atoms with E-state index in [1.807, 2.05) is 30.3 Å². The Bertz CT molecular complexity index is 923. The summed E-state index contributed by atoms with van der Waals surface area (Å²) in [6.45, 7) is 5.54. The van der Waals surface area contributed by atoms with E-state index < -0.39 is 9.84 Å². The smallest absolute Gasteiger partial charge is 0.161 e. The number of sulfone groups is 1. The van der Waals surface area contributed by atoms with E-state index in [-0.39, 0.29) is 22.3 Å². The van der Waals surface area contributed by atoms with Crippen LogP contribution >= 0.6 is 11.6 Å². The molecule has 0 amide bonds. The maximum atomic E-state index is 12.1. The highest BCUT2D eigenvalue weighted by Crippen LogP contribution is 2.53. The van der Waals surface area contributed by atoms with E-state index in [9.17, 15) is 8.42 Å². The summed E-state index contributed by atoms with van der Waals surface area (Å²) in [5.74, 6) is 1.96. The maximum absolute atomic E-state index is 12.1. The molecule has 2 fully saturated rings. The minimum absolute atomic E-state index is 0.243. The molecule has 2 atom stereocenters. The van der Waals surface area contributed by atoms with Crippen LogP contribution in [0.1, 0.15) is 13.8 Å². The van der Waals surface area contributed by atoms with Crippen molar-refractivity contribution in [2.75, 3.05) is 29.5 Å². The molecule has 3 heterocycles. The molecular formula is C18H20ClN3O2S. The van der Waals surface area contributed by atoms with E-state index in [1.54, 1.807) is 6.20 Å². The molecule has 2 aromatic rings. The number of nitrogens with zero attached hydrogens (tertiary/aromatic N) is 3. The monoisotopic (exact) mass is 377 g/mol. The molecule has 4 rings (SSSR count). The highest BCUT2D eigenvalue weighted by atomic mass is 35.5. The summed E-state index contributed by atoms with van der Waals surface area (Å²) < 4.78 is 24.2. The van der Waals surface area contributed by atoms with Crippen LogP contribution in [0.5, 0.6) is 0 Å². The lowest BCUT2D eigenvalue weighted by molar-refractivity contribution is 0.212. The van der Waals surface area contributed by atoms with Gasteiger partial charge in [-0.2, -0.15) is 0 Å². The quantitative estimate of drug-likeness (QED) is 0.804. The molecule has 7 heteroatoms. The molecule has 0 bridgehead atoms. The summed E-state index contributed by atoms with van der Waals surface area (Å²) in [7, 11) is -2.96. The first-order chi connectivity index (χ1) is 11.7. The molecule has 2 aliphatic heterocycles. The van der Waals surface area contributed by atoms with Crippen molar-refractivity contribution < 1.29 is 8.42 Å². The summed E-state index contributed by atoms with van der Waals surface area (Å²) in [6.07, 6.45) is 1.74. The molecule has 0 N–H and O–H groups in total. The summed E-state index contributed by atoms with van der Waals surface area (Å²) >= 11 is 6.07. The number of anilines is 1. The van der Waals surface area contributed by atoms with Crippen LogP contribution < -0.4 is 4.90 Å². The van der Waals surface area contributed by atoms with Gasteiger partial charge >= 0.3 is 0 Å². The van der Waals surface area contributed by atoms with E-state index in [4.69, 9.17) is 16.6 Å². The summed E-state index contributed by atoms with van der Waals surface area (Å²) in [6, 6.07) is 9.35. The molecule has 2 saturated heterocycles. The number of hydrogen-bond donors (Lipinski definition) is 0. The van der Waals surface area contributed by atoms with Crippen molar-refractivity contribution in [1.29, 1.82) is 0 Å². The van der Waals surface area contributed by atoms with Crippen LogP contribution in [0.2, 0.25) is 5.02 Å². The van der Waals surface area contributed by atoms with Gasteiger partial charge in [0.15, 0.2) is 15.7 Å². The van der Waals surface area contributed by atoms with Gasteiger partial charge in [0.2, 0.25) is 0 Å². The number of halogens is 1. The fourth-order valence-electron chi connectivity index (χ4n) is 4.20. The number of aromatic nitrogens is 2. The van der Waals surface area contributed by atoms with Gasteiger partial charge in [0.05, 0.1) is 11.5 Å². The summed E-state index contributed by atoms with van der Waals surface area (Å²) in [4.78, 5) is 11.2. The molecule has 5 nitrogen and oxygen atoms in total. The highest BCUT2D eigenvalue weighted by molar-refractivity contribution is 7.91.